The number of amides is 1. The highest BCUT2D eigenvalue weighted by Gasteiger charge is 2.23. The molecule has 1 amide bonds. The maximum atomic E-state index is 12.1. The van der Waals surface area contributed by atoms with Crippen LogP contribution in [-0.4, -0.2) is 29.4 Å². The Morgan fingerprint density at radius 3 is 2.65 bits per heavy atom. The molecule has 0 heterocycles. The van der Waals surface area contributed by atoms with Crippen LogP contribution in [0, 0.1) is 10.1 Å². The van der Waals surface area contributed by atoms with Gasteiger partial charge in [0.1, 0.15) is 0 Å². The second-order valence-corrected chi connectivity index (χ2v) is 5.25. The molecule has 20 heavy (non-hydrogen) atoms. The number of methoxy groups -OCH3 is 1. The molecule has 1 rings (SSSR count). The van der Waals surface area contributed by atoms with Crippen molar-refractivity contribution >= 4 is 23.2 Å². The number of nitro benzene ring substituents is 1. The molecule has 0 aliphatic carbocycles. The van der Waals surface area contributed by atoms with Crippen LogP contribution in [0.15, 0.2) is 18.2 Å². The molecule has 2 unspecified atom stereocenters. The summed E-state index contributed by atoms with van der Waals surface area (Å²) in [5, 5.41) is 13.6. The molecule has 0 spiro atoms. The topological polar surface area (TPSA) is 81.5 Å². The van der Waals surface area contributed by atoms with E-state index in [0.717, 1.165) is 0 Å². The lowest BCUT2D eigenvalue weighted by Gasteiger charge is -2.16. The Bertz CT molecular complexity index is 505. The molecule has 0 aromatic heterocycles. The lowest BCUT2D eigenvalue weighted by molar-refractivity contribution is -0.385. The van der Waals surface area contributed by atoms with Crippen molar-refractivity contribution in [2.45, 2.75) is 31.7 Å². The van der Waals surface area contributed by atoms with E-state index in [-0.39, 0.29) is 28.4 Å². The Morgan fingerprint density at radius 1 is 1.50 bits per heavy atom. The molecule has 0 aliphatic rings. The van der Waals surface area contributed by atoms with Crippen LogP contribution in [0.5, 0.6) is 5.75 Å². The number of rotatable bonds is 6. The standard InChI is InChI=1S/C13H17ClN2O4/c1-8(14)7-9(2)15-13(17)10-5-4-6-11(16(18)19)12(10)20-3/h4-6,8-9H,7H2,1-3H3,(H,15,17). The number of benzene rings is 1. The Balaban J connectivity index is 2.98. The molecule has 2 atom stereocenters. The minimum Gasteiger partial charge on any atom is -0.490 e. The number of para-hydroxylation sites is 1. The number of halogens is 1. The van der Waals surface area contributed by atoms with Crippen LogP contribution in [0.1, 0.15) is 30.6 Å². The highest BCUT2D eigenvalue weighted by atomic mass is 35.5. The van der Waals surface area contributed by atoms with Crippen molar-refractivity contribution in [3.63, 3.8) is 0 Å². The van der Waals surface area contributed by atoms with E-state index >= 15 is 0 Å². The van der Waals surface area contributed by atoms with E-state index in [1.165, 1.54) is 25.3 Å². The van der Waals surface area contributed by atoms with Gasteiger partial charge in [0, 0.05) is 17.5 Å². The second kappa shape index (κ2) is 7.09. The van der Waals surface area contributed by atoms with Crippen molar-refractivity contribution in [1.82, 2.24) is 5.32 Å². The molecule has 0 radical (unpaired) electrons. The van der Waals surface area contributed by atoms with Gasteiger partial charge in [-0.25, -0.2) is 0 Å². The van der Waals surface area contributed by atoms with E-state index < -0.39 is 10.8 Å². The molecule has 6 nitrogen and oxygen atoms in total. The van der Waals surface area contributed by atoms with E-state index in [1.54, 1.807) is 0 Å². The van der Waals surface area contributed by atoms with Crippen LogP contribution in [0.4, 0.5) is 5.69 Å². The summed E-state index contributed by atoms with van der Waals surface area (Å²) >= 11 is 5.86. The third kappa shape index (κ3) is 4.09. The third-order valence-electron chi connectivity index (χ3n) is 2.70. The lowest BCUT2D eigenvalue weighted by atomic mass is 10.1. The van der Waals surface area contributed by atoms with E-state index in [0.29, 0.717) is 6.42 Å². The minimum atomic E-state index is -0.583. The number of nitro groups is 1. The molecular weight excluding hydrogens is 284 g/mol. The van der Waals surface area contributed by atoms with Gasteiger partial charge in [0.15, 0.2) is 0 Å². The Hall–Kier alpha value is -1.82. The number of alkyl halides is 1. The summed E-state index contributed by atoms with van der Waals surface area (Å²) in [7, 11) is 1.30. The maximum absolute atomic E-state index is 12.1. The first-order chi connectivity index (χ1) is 9.36. The van der Waals surface area contributed by atoms with Gasteiger partial charge in [0.25, 0.3) is 5.91 Å². The predicted octanol–water partition coefficient (Wildman–Crippen LogP) is 2.74. The minimum absolute atomic E-state index is 0.0406. The Kier molecular flexibility index (Phi) is 5.76. The van der Waals surface area contributed by atoms with Crippen molar-refractivity contribution in [3.05, 3.63) is 33.9 Å². The smallest absolute Gasteiger partial charge is 0.311 e. The van der Waals surface area contributed by atoms with E-state index in [9.17, 15) is 14.9 Å². The Labute approximate surface area is 122 Å². The van der Waals surface area contributed by atoms with Gasteiger partial charge in [-0.1, -0.05) is 6.07 Å². The fraction of sp³-hybridized carbons (Fsp3) is 0.462. The average Bonchev–Trinajstić information content (AvgIpc) is 2.36. The van der Waals surface area contributed by atoms with E-state index in [2.05, 4.69) is 5.32 Å². The van der Waals surface area contributed by atoms with Crippen molar-refractivity contribution in [3.8, 4) is 5.75 Å². The third-order valence-corrected chi connectivity index (χ3v) is 2.87. The second-order valence-electron chi connectivity index (χ2n) is 4.51. The SMILES string of the molecule is COc1c(C(=O)NC(C)CC(C)Cl)cccc1[N+](=O)[O-]. The molecule has 0 fully saturated rings. The summed E-state index contributed by atoms with van der Waals surface area (Å²) in [4.78, 5) is 22.5. The largest absolute Gasteiger partial charge is 0.490 e. The summed E-state index contributed by atoms with van der Waals surface area (Å²) < 4.78 is 4.99. The van der Waals surface area contributed by atoms with Crippen LogP contribution in [0.25, 0.3) is 0 Å². The number of ether oxygens (including phenoxy) is 1. The van der Waals surface area contributed by atoms with Crippen LogP contribution in [-0.2, 0) is 0 Å². The zero-order valence-electron chi connectivity index (χ0n) is 11.6. The van der Waals surface area contributed by atoms with Crippen molar-refractivity contribution in [2.24, 2.45) is 0 Å². The van der Waals surface area contributed by atoms with Crippen molar-refractivity contribution in [2.75, 3.05) is 7.11 Å². The summed E-state index contributed by atoms with van der Waals surface area (Å²) in [5.74, 6) is -0.462. The van der Waals surface area contributed by atoms with Gasteiger partial charge in [0.2, 0.25) is 5.75 Å². The summed E-state index contributed by atoms with van der Waals surface area (Å²) in [5.41, 5.74) is -0.103. The molecule has 7 heteroatoms. The zero-order chi connectivity index (χ0) is 15.3. The highest BCUT2D eigenvalue weighted by Crippen LogP contribution is 2.30. The van der Waals surface area contributed by atoms with Crippen LogP contribution >= 0.6 is 11.6 Å². The fourth-order valence-electron chi connectivity index (χ4n) is 1.91. The Morgan fingerprint density at radius 2 is 2.15 bits per heavy atom. The quantitative estimate of drug-likeness (QED) is 0.497. The first-order valence-electron chi connectivity index (χ1n) is 6.13. The predicted molar refractivity (Wildman–Crippen MR) is 76.5 cm³/mol. The molecule has 1 aromatic rings. The molecule has 0 saturated heterocycles. The number of hydrogen-bond acceptors (Lipinski definition) is 4. The molecular formula is C13H17ClN2O4. The van der Waals surface area contributed by atoms with Crippen molar-refractivity contribution < 1.29 is 14.5 Å². The maximum Gasteiger partial charge on any atom is 0.311 e. The number of carbonyl (C=O) groups excluding carboxylic acids is 1. The van der Waals surface area contributed by atoms with Gasteiger partial charge in [-0.2, -0.15) is 0 Å². The van der Waals surface area contributed by atoms with Gasteiger partial charge in [-0.05, 0) is 26.3 Å². The van der Waals surface area contributed by atoms with Crippen LogP contribution < -0.4 is 10.1 Å². The first kappa shape index (κ1) is 16.2. The first-order valence-corrected chi connectivity index (χ1v) is 6.56. The summed E-state index contributed by atoms with van der Waals surface area (Å²) in [6.07, 6.45) is 0.602. The van der Waals surface area contributed by atoms with Crippen LogP contribution in [0.2, 0.25) is 0 Å². The van der Waals surface area contributed by atoms with Gasteiger partial charge >= 0.3 is 5.69 Å². The van der Waals surface area contributed by atoms with Gasteiger partial charge in [-0.15, -0.1) is 11.6 Å². The lowest BCUT2D eigenvalue weighted by Crippen LogP contribution is -2.34. The van der Waals surface area contributed by atoms with Crippen LogP contribution in [0.3, 0.4) is 0 Å². The summed E-state index contributed by atoms with van der Waals surface area (Å²) in [6, 6.07) is 4.08. The monoisotopic (exact) mass is 300 g/mol. The van der Waals surface area contributed by atoms with Gasteiger partial charge < -0.3 is 10.1 Å². The number of nitrogens with one attached hydrogen (secondary N) is 1. The number of nitrogens with zero attached hydrogens (tertiary/aromatic N) is 1. The molecule has 1 N–H and O–H groups in total. The van der Waals surface area contributed by atoms with Crippen molar-refractivity contribution in [1.29, 1.82) is 0 Å². The van der Waals surface area contributed by atoms with E-state index in [1.807, 2.05) is 13.8 Å². The molecule has 1 aromatic carbocycles. The number of hydrogen-bond donors (Lipinski definition) is 1. The highest BCUT2D eigenvalue weighted by molar-refractivity contribution is 6.20. The average molecular weight is 301 g/mol. The normalized spacial score (nSPS) is 13.4. The zero-order valence-corrected chi connectivity index (χ0v) is 12.3. The number of carbonyl (C=O) groups is 1. The molecule has 0 saturated carbocycles. The van der Waals surface area contributed by atoms with Gasteiger partial charge in [-0.3, -0.25) is 14.9 Å². The summed E-state index contributed by atoms with van der Waals surface area (Å²) in [6.45, 7) is 3.65. The van der Waals surface area contributed by atoms with Gasteiger partial charge in [0.05, 0.1) is 17.6 Å². The van der Waals surface area contributed by atoms with E-state index in [4.69, 9.17) is 16.3 Å². The molecule has 110 valence electrons. The fourth-order valence-corrected chi connectivity index (χ4v) is 2.18. The molecule has 0 bridgehead atoms. The molecule has 0 aliphatic heterocycles.